The lowest BCUT2D eigenvalue weighted by Gasteiger charge is -2.11. The number of amides is 1. The summed E-state index contributed by atoms with van der Waals surface area (Å²) in [6.45, 7) is 1.88. The van der Waals surface area contributed by atoms with Gasteiger partial charge in [-0.1, -0.05) is 19.1 Å². The Kier molecular flexibility index (Phi) is 5.57. The molecule has 7 nitrogen and oxygen atoms in total. The Morgan fingerprint density at radius 2 is 1.81 bits per heavy atom. The summed E-state index contributed by atoms with van der Waals surface area (Å²) in [4.78, 5) is 25.0. The molecule has 0 aliphatic heterocycles. The number of carbonyl (C=O) groups is 1. The van der Waals surface area contributed by atoms with Crippen molar-refractivity contribution in [1.82, 2.24) is 19.2 Å². The van der Waals surface area contributed by atoms with Crippen LogP contribution in [0, 0.1) is 17.6 Å². The molecule has 158 valence electrons. The Hall–Kier alpha value is -3.88. The number of rotatable bonds is 6. The lowest BCUT2D eigenvalue weighted by Crippen LogP contribution is -2.21. The molecule has 1 amide bonds. The summed E-state index contributed by atoms with van der Waals surface area (Å²) in [6.07, 6.45) is 3.75. The van der Waals surface area contributed by atoms with E-state index in [9.17, 15) is 18.4 Å². The molecule has 4 aromatic rings. The van der Waals surface area contributed by atoms with E-state index < -0.39 is 17.2 Å². The summed E-state index contributed by atoms with van der Waals surface area (Å²) in [5.41, 5.74) is 0.462. The summed E-state index contributed by atoms with van der Waals surface area (Å²) in [6, 6.07) is 11.4. The van der Waals surface area contributed by atoms with Gasteiger partial charge in [-0.15, -0.1) is 10.2 Å². The van der Waals surface area contributed by atoms with Crippen LogP contribution in [0.1, 0.15) is 19.2 Å². The monoisotopic (exact) mass is 423 g/mol. The van der Waals surface area contributed by atoms with Gasteiger partial charge in [-0.2, -0.15) is 0 Å². The minimum absolute atomic E-state index is 0.105. The highest BCUT2D eigenvalue weighted by molar-refractivity contribution is 5.90. The molecular weight excluding hydrogens is 404 g/mol. The lowest BCUT2D eigenvalue weighted by molar-refractivity contribution is -0.116. The topological polar surface area (TPSA) is 81.3 Å². The van der Waals surface area contributed by atoms with Crippen molar-refractivity contribution in [2.45, 2.75) is 19.8 Å². The van der Waals surface area contributed by atoms with Crippen molar-refractivity contribution in [3.63, 3.8) is 0 Å². The first-order valence-electron chi connectivity index (χ1n) is 9.67. The third-order valence-electron chi connectivity index (χ3n) is 4.80. The van der Waals surface area contributed by atoms with Crippen molar-refractivity contribution >= 4 is 17.2 Å². The summed E-state index contributed by atoms with van der Waals surface area (Å²) in [5.74, 6) is -0.696. The van der Waals surface area contributed by atoms with Gasteiger partial charge in [0.1, 0.15) is 17.5 Å². The maximum absolute atomic E-state index is 13.5. The second-order valence-corrected chi connectivity index (χ2v) is 7.33. The fourth-order valence-corrected chi connectivity index (χ4v) is 3.38. The highest BCUT2D eigenvalue weighted by Crippen LogP contribution is 2.15. The molecule has 0 aliphatic rings. The number of benzene rings is 2. The van der Waals surface area contributed by atoms with Gasteiger partial charge in [0.2, 0.25) is 11.6 Å². The van der Waals surface area contributed by atoms with E-state index in [0.717, 1.165) is 0 Å². The average molecular weight is 423 g/mol. The van der Waals surface area contributed by atoms with Crippen LogP contribution >= 0.6 is 0 Å². The molecule has 31 heavy (non-hydrogen) atoms. The fraction of sp³-hybridized carbons (Fsp3) is 0.182. The Morgan fingerprint density at radius 3 is 2.55 bits per heavy atom. The predicted molar refractivity (Wildman–Crippen MR) is 111 cm³/mol. The molecule has 0 bridgehead atoms. The largest absolute Gasteiger partial charge is 0.326 e. The first-order valence-corrected chi connectivity index (χ1v) is 9.67. The van der Waals surface area contributed by atoms with Crippen molar-refractivity contribution in [2.24, 2.45) is 5.92 Å². The molecule has 0 saturated heterocycles. The number of halogens is 2. The highest BCUT2D eigenvalue weighted by atomic mass is 19.1. The van der Waals surface area contributed by atoms with Gasteiger partial charge in [0.05, 0.1) is 5.69 Å². The fourth-order valence-electron chi connectivity index (χ4n) is 3.38. The third kappa shape index (κ3) is 4.50. The second-order valence-electron chi connectivity index (χ2n) is 7.33. The normalized spacial score (nSPS) is 12.1. The number of aromatic nitrogens is 4. The first kappa shape index (κ1) is 20.4. The minimum Gasteiger partial charge on any atom is -0.326 e. The van der Waals surface area contributed by atoms with E-state index in [2.05, 4.69) is 15.5 Å². The summed E-state index contributed by atoms with van der Waals surface area (Å²) in [5, 5.41) is 10.7. The molecule has 0 aliphatic carbocycles. The van der Waals surface area contributed by atoms with Crippen molar-refractivity contribution in [3.05, 3.63) is 88.7 Å². The SMILES string of the molecule is C[C@@H](CC(=O)Nc1cccc(F)c1)Cc1nnc2c(=O)n(-c3cccc(F)c3)ccn12. The maximum atomic E-state index is 13.5. The summed E-state index contributed by atoms with van der Waals surface area (Å²) in [7, 11) is 0. The molecule has 0 radical (unpaired) electrons. The molecule has 9 heteroatoms. The molecule has 0 fully saturated rings. The molecule has 4 rings (SSSR count). The average Bonchev–Trinajstić information content (AvgIpc) is 3.11. The molecule has 0 saturated carbocycles. The molecule has 1 N–H and O–H groups in total. The Labute approximate surface area is 176 Å². The van der Waals surface area contributed by atoms with Gasteiger partial charge in [-0.05, 0) is 42.3 Å². The zero-order valence-electron chi connectivity index (χ0n) is 16.6. The summed E-state index contributed by atoms with van der Waals surface area (Å²) >= 11 is 0. The summed E-state index contributed by atoms with van der Waals surface area (Å²) < 4.78 is 29.6. The van der Waals surface area contributed by atoms with Crippen LogP contribution in [-0.4, -0.2) is 25.1 Å². The maximum Gasteiger partial charge on any atom is 0.300 e. The molecular formula is C22H19F2N5O2. The number of nitrogens with zero attached hydrogens (tertiary/aromatic N) is 4. The molecule has 2 aromatic heterocycles. The molecule has 2 aromatic carbocycles. The van der Waals surface area contributed by atoms with E-state index in [0.29, 0.717) is 23.6 Å². The lowest BCUT2D eigenvalue weighted by atomic mass is 10.0. The first-order chi connectivity index (χ1) is 14.9. The van der Waals surface area contributed by atoms with Crippen LogP contribution < -0.4 is 10.9 Å². The van der Waals surface area contributed by atoms with Gasteiger partial charge < -0.3 is 5.32 Å². The van der Waals surface area contributed by atoms with Gasteiger partial charge in [0.15, 0.2) is 0 Å². The van der Waals surface area contributed by atoms with Crippen LogP contribution in [0.15, 0.2) is 65.7 Å². The molecule has 1 atom stereocenters. The van der Waals surface area contributed by atoms with Crippen LogP contribution in [0.4, 0.5) is 14.5 Å². The van der Waals surface area contributed by atoms with E-state index in [1.807, 2.05) is 6.92 Å². The van der Waals surface area contributed by atoms with Gasteiger partial charge in [-0.3, -0.25) is 18.6 Å². The number of nitrogens with one attached hydrogen (secondary N) is 1. The second kappa shape index (κ2) is 8.47. The van der Waals surface area contributed by atoms with Crippen LogP contribution in [0.25, 0.3) is 11.3 Å². The number of fused-ring (bicyclic) bond motifs is 1. The smallest absolute Gasteiger partial charge is 0.300 e. The van der Waals surface area contributed by atoms with Crippen molar-refractivity contribution in [2.75, 3.05) is 5.32 Å². The standard InChI is InChI=1S/C22H19F2N5O2/c1-14(11-20(30)25-17-6-2-4-15(23)12-17)10-19-26-27-21-22(31)28(8-9-29(19)21)18-7-3-5-16(24)13-18/h2-9,12-14H,10-11H2,1H3,(H,25,30)/t14-/m1/s1. The van der Waals surface area contributed by atoms with E-state index >= 15 is 0 Å². The van der Waals surface area contributed by atoms with Gasteiger partial charge >= 0.3 is 5.56 Å². The molecule has 0 unspecified atom stereocenters. The Bertz CT molecular complexity index is 1310. The van der Waals surface area contributed by atoms with Gasteiger partial charge in [-0.25, -0.2) is 8.78 Å². The van der Waals surface area contributed by atoms with E-state index in [4.69, 9.17) is 0 Å². The predicted octanol–water partition coefficient (Wildman–Crippen LogP) is 3.37. The van der Waals surface area contributed by atoms with Crippen LogP contribution in [0.3, 0.4) is 0 Å². The number of hydrogen-bond acceptors (Lipinski definition) is 4. The van der Waals surface area contributed by atoms with Gasteiger partial charge in [0, 0.05) is 30.9 Å². The Morgan fingerprint density at radius 1 is 1.06 bits per heavy atom. The quantitative estimate of drug-likeness (QED) is 0.516. The van der Waals surface area contributed by atoms with Gasteiger partial charge in [0.25, 0.3) is 0 Å². The van der Waals surface area contributed by atoms with Crippen molar-refractivity contribution in [3.8, 4) is 5.69 Å². The van der Waals surface area contributed by atoms with Crippen LogP contribution in [-0.2, 0) is 11.2 Å². The minimum atomic E-state index is -0.447. The third-order valence-corrected chi connectivity index (χ3v) is 4.80. The zero-order chi connectivity index (χ0) is 22.0. The molecule has 0 spiro atoms. The van der Waals surface area contributed by atoms with Crippen molar-refractivity contribution in [1.29, 1.82) is 0 Å². The zero-order valence-corrected chi connectivity index (χ0v) is 16.6. The van der Waals surface area contributed by atoms with Crippen molar-refractivity contribution < 1.29 is 13.6 Å². The number of anilines is 1. The van der Waals surface area contributed by atoms with E-state index in [1.165, 1.54) is 47.2 Å². The highest BCUT2D eigenvalue weighted by Gasteiger charge is 2.16. The number of hydrogen-bond donors (Lipinski definition) is 1. The number of carbonyl (C=O) groups excluding carboxylic acids is 1. The van der Waals surface area contributed by atoms with Crippen LogP contribution in [0.5, 0.6) is 0 Å². The Balaban J connectivity index is 1.49. The van der Waals surface area contributed by atoms with E-state index in [1.54, 1.807) is 22.7 Å². The van der Waals surface area contributed by atoms with Crippen LogP contribution in [0.2, 0.25) is 0 Å². The molecule has 2 heterocycles. The van der Waals surface area contributed by atoms with E-state index in [-0.39, 0.29) is 23.9 Å².